The molecule has 1 fully saturated rings. The molecule has 0 spiro atoms. The molecule has 0 radical (unpaired) electrons. The molecule has 0 unspecified atom stereocenters. The van der Waals surface area contributed by atoms with Crippen LogP contribution in [0.3, 0.4) is 0 Å². The highest BCUT2D eigenvalue weighted by Crippen LogP contribution is 2.21. The number of ether oxygens (including phenoxy) is 1. The number of hydrogen-bond donors (Lipinski definition) is 1. The van der Waals surface area contributed by atoms with Crippen molar-refractivity contribution in [1.82, 2.24) is 4.90 Å². The van der Waals surface area contributed by atoms with Gasteiger partial charge in [0.05, 0.1) is 0 Å². The van der Waals surface area contributed by atoms with Crippen LogP contribution in [-0.2, 0) is 4.79 Å². The van der Waals surface area contributed by atoms with E-state index in [0.717, 1.165) is 31.7 Å². The number of carbonyl (C=O) groups is 1. The third-order valence-corrected chi connectivity index (χ3v) is 3.41. The summed E-state index contributed by atoms with van der Waals surface area (Å²) in [6, 6.07) is 7.49. The van der Waals surface area contributed by atoms with Gasteiger partial charge in [0.1, 0.15) is 11.9 Å². The third kappa shape index (κ3) is 3.63. The van der Waals surface area contributed by atoms with Gasteiger partial charge in [0.2, 0.25) is 5.91 Å². The summed E-state index contributed by atoms with van der Waals surface area (Å²) in [4.78, 5) is 13.8. The van der Waals surface area contributed by atoms with Gasteiger partial charge in [-0.05, 0) is 12.1 Å². The molecular formula is C15H22N2O2. The van der Waals surface area contributed by atoms with E-state index in [9.17, 15) is 4.79 Å². The number of nitrogens with two attached hydrogens (primary N) is 1. The second kappa shape index (κ2) is 5.95. The molecule has 0 bridgehead atoms. The van der Waals surface area contributed by atoms with E-state index in [2.05, 4.69) is 0 Å². The number of carbonyl (C=O) groups excluding carboxylic acids is 1. The Kier molecular flexibility index (Phi) is 4.30. The SMILES string of the molecule is CC(C)C(=O)N1CCC(Oc2cccc(N)c2)CC1. The number of anilines is 1. The lowest BCUT2D eigenvalue weighted by molar-refractivity contribution is -0.136. The lowest BCUT2D eigenvalue weighted by Crippen LogP contribution is -2.43. The number of nitrogens with zero attached hydrogens (tertiary/aromatic N) is 1. The second-order valence-corrected chi connectivity index (χ2v) is 5.37. The molecule has 4 nitrogen and oxygen atoms in total. The Morgan fingerprint density at radius 2 is 2.05 bits per heavy atom. The molecule has 0 aliphatic carbocycles. The molecule has 104 valence electrons. The quantitative estimate of drug-likeness (QED) is 0.850. The summed E-state index contributed by atoms with van der Waals surface area (Å²) in [6.45, 7) is 5.45. The first-order valence-corrected chi connectivity index (χ1v) is 6.87. The maximum absolute atomic E-state index is 11.9. The van der Waals surface area contributed by atoms with E-state index in [-0.39, 0.29) is 17.9 Å². The number of hydrogen-bond acceptors (Lipinski definition) is 3. The van der Waals surface area contributed by atoms with Gasteiger partial charge in [-0.15, -0.1) is 0 Å². The highest BCUT2D eigenvalue weighted by Gasteiger charge is 2.25. The van der Waals surface area contributed by atoms with Gasteiger partial charge in [0.15, 0.2) is 0 Å². The van der Waals surface area contributed by atoms with Crippen LogP contribution in [0.2, 0.25) is 0 Å². The normalized spacial score (nSPS) is 16.7. The zero-order valence-electron chi connectivity index (χ0n) is 11.6. The molecule has 0 saturated carbocycles. The number of benzene rings is 1. The van der Waals surface area contributed by atoms with E-state index in [1.54, 1.807) is 0 Å². The maximum atomic E-state index is 11.9. The number of piperidine rings is 1. The standard InChI is InChI=1S/C15H22N2O2/c1-11(2)15(18)17-8-6-13(7-9-17)19-14-5-3-4-12(16)10-14/h3-5,10-11,13H,6-9,16H2,1-2H3. The fourth-order valence-electron chi connectivity index (χ4n) is 2.34. The Morgan fingerprint density at radius 1 is 1.37 bits per heavy atom. The fraction of sp³-hybridized carbons (Fsp3) is 0.533. The Balaban J connectivity index is 1.85. The predicted molar refractivity (Wildman–Crippen MR) is 75.9 cm³/mol. The fourth-order valence-corrected chi connectivity index (χ4v) is 2.34. The lowest BCUT2D eigenvalue weighted by atomic mass is 10.1. The lowest BCUT2D eigenvalue weighted by Gasteiger charge is -2.33. The zero-order valence-corrected chi connectivity index (χ0v) is 11.6. The number of amides is 1. The van der Waals surface area contributed by atoms with Gasteiger partial charge in [-0.3, -0.25) is 4.79 Å². The molecule has 2 N–H and O–H groups in total. The third-order valence-electron chi connectivity index (χ3n) is 3.41. The van der Waals surface area contributed by atoms with Crippen LogP contribution in [0.4, 0.5) is 5.69 Å². The van der Waals surface area contributed by atoms with Crippen LogP contribution in [-0.4, -0.2) is 30.0 Å². The number of nitrogen functional groups attached to an aromatic ring is 1. The molecule has 1 amide bonds. The van der Waals surface area contributed by atoms with E-state index in [0.29, 0.717) is 5.69 Å². The van der Waals surface area contributed by atoms with Crippen LogP contribution in [0.15, 0.2) is 24.3 Å². The van der Waals surface area contributed by atoms with Gasteiger partial charge >= 0.3 is 0 Å². The van der Waals surface area contributed by atoms with Crippen molar-refractivity contribution in [3.05, 3.63) is 24.3 Å². The summed E-state index contributed by atoms with van der Waals surface area (Å²) in [7, 11) is 0. The van der Waals surface area contributed by atoms with E-state index in [1.165, 1.54) is 0 Å². The summed E-state index contributed by atoms with van der Waals surface area (Å²) in [5.74, 6) is 1.13. The van der Waals surface area contributed by atoms with E-state index >= 15 is 0 Å². The summed E-state index contributed by atoms with van der Waals surface area (Å²) < 4.78 is 5.91. The van der Waals surface area contributed by atoms with Crippen LogP contribution < -0.4 is 10.5 Å². The average molecular weight is 262 g/mol. The topological polar surface area (TPSA) is 55.6 Å². The van der Waals surface area contributed by atoms with Crippen LogP contribution in [0.25, 0.3) is 0 Å². The Labute approximate surface area is 114 Å². The van der Waals surface area contributed by atoms with Crippen molar-refractivity contribution in [3.8, 4) is 5.75 Å². The van der Waals surface area contributed by atoms with Gasteiger partial charge in [-0.2, -0.15) is 0 Å². The highest BCUT2D eigenvalue weighted by atomic mass is 16.5. The highest BCUT2D eigenvalue weighted by molar-refractivity contribution is 5.78. The Hall–Kier alpha value is -1.71. The van der Waals surface area contributed by atoms with Crippen LogP contribution in [0.5, 0.6) is 5.75 Å². The monoisotopic (exact) mass is 262 g/mol. The minimum Gasteiger partial charge on any atom is -0.490 e. The first kappa shape index (κ1) is 13.7. The van der Waals surface area contributed by atoms with Gasteiger partial charge in [-0.25, -0.2) is 0 Å². The van der Waals surface area contributed by atoms with Gasteiger partial charge < -0.3 is 15.4 Å². The van der Waals surface area contributed by atoms with Gasteiger partial charge in [-0.1, -0.05) is 19.9 Å². The molecule has 1 aliphatic heterocycles. The van der Waals surface area contributed by atoms with Crippen LogP contribution in [0, 0.1) is 5.92 Å². The van der Waals surface area contributed by atoms with E-state index in [1.807, 2.05) is 43.0 Å². The first-order chi connectivity index (χ1) is 9.06. The average Bonchev–Trinajstić information content (AvgIpc) is 2.39. The van der Waals surface area contributed by atoms with Crippen molar-refractivity contribution in [1.29, 1.82) is 0 Å². The van der Waals surface area contributed by atoms with Crippen molar-refractivity contribution in [2.45, 2.75) is 32.8 Å². The van der Waals surface area contributed by atoms with Crippen LogP contribution >= 0.6 is 0 Å². The van der Waals surface area contributed by atoms with Crippen molar-refractivity contribution in [2.24, 2.45) is 5.92 Å². The Morgan fingerprint density at radius 3 is 2.63 bits per heavy atom. The molecule has 0 aromatic heterocycles. The molecule has 0 atom stereocenters. The largest absolute Gasteiger partial charge is 0.490 e. The van der Waals surface area contributed by atoms with Crippen molar-refractivity contribution in [3.63, 3.8) is 0 Å². The zero-order chi connectivity index (χ0) is 13.8. The molecule has 2 rings (SSSR count). The summed E-state index contributed by atoms with van der Waals surface area (Å²) in [5.41, 5.74) is 6.44. The number of likely N-dealkylation sites (tertiary alicyclic amines) is 1. The van der Waals surface area contributed by atoms with E-state index in [4.69, 9.17) is 10.5 Å². The Bertz CT molecular complexity index is 438. The molecule has 1 aliphatic rings. The van der Waals surface area contributed by atoms with Crippen molar-refractivity contribution >= 4 is 11.6 Å². The summed E-state index contributed by atoms with van der Waals surface area (Å²) in [6.07, 6.45) is 1.94. The minimum absolute atomic E-state index is 0.0754. The molecule has 1 aromatic rings. The molecule has 1 heterocycles. The molecule has 1 saturated heterocycles. The predicted octanol–water partition coefficient (Wildman–Crippen LogP) is 2.29. The van der Waals surface area contributed by atoms with Gasteiger partial charge in [0, 0.05) is 43.6 Å². The smallest absolute Gasteiger partial charge is 0.225 e. The molecular weight excluding hydrogens is 240 g/mol. The molecule has 4 heteroatoms. The van der Waals surface area contributed by atoms with Crippen LogP contribution in [0.1, 0.15) is 26.7 Å². The van der Waals surface area contributed by atoms with Crippen molar-refractivity contribution in [2.75, 3.05) is 18.8 Å². The second-order valence-electron chi connectivity index (χ2n) is 5.37. The molecule has 1 aromatic carbocycles. The number of rotatable bonds is 3. The molecule has 19 heavy (non-hydrogen) atoms. The first-order valence-electron chi connectivity index (χ1n) is 6.87. The summed E-state index contributed by atoms with van der Waals surface area (Å²) >= 11 is 0. The minimum atomic E-state index is 0.0754. The maximum Gasteiger partial charge on any atom is 0.225 e. The summed E-state index contributed by atoms with van der Waals surface area (Å²) in [5, 5.41) is 0. The van der Waals surface area contributed by atoms with Crippen molar-refractivity contribution < 1.29 is 9.53 Å². The van der Waals surface area contributed by atoms with E-state index < -0.39 is 0 Å². The van der Waals surface area contributed by atoms with Gasteiger partial charge in [0.25, 0.3) is 0 Å².